The van der Waals surface area contributed by atoms with Crippen LogP contribution in [0.1, 0.15) is 11.7 Å². The predicted octanol–water partition coefficient (Wildman–Crippen LogP) is -0.522. The molecular weight excluding hydrogens is 164 g/mol. The first-order valence-electron chi connectivity index (χ1n) is 3.15. The third-order valence-electron chi connectivity index (χ3n) is 0.944. The highest BCUT2D eigenvalue weighted by Crippen LogP contribution is 1.94. The number of urea groups is 1. The SMILES string of the molecule is Cc1nc(CONC(N)=O)no1. The molecule has 7 heteroatoms. The van der Waals surface area contributed by atoms with Gasteiger partial charge in [-0.05, 0) is 0 Å². The van der Waals surface area contributed by atoms with Crippen LogP contribution in [0.4, 0.5) is 4.79 Å². The van der Waals surface area contributed by atoms with Crippen molar-refractivity contribution in [1.82, 2.24) is 15.6 Å². The number of nitrogens with one attached hydrogen (secondary N) is 1. The van der Waals surface area contributed by atoms with Crippen LogP contribution in [0.2, 0.25) is 0 Å². The highest BCUT2D eigenvalue weighted by Gasteiger charge is 2.01. The number of carbonyl (C=O) groups is 1. The Kier molecular flexibility index (Phi) is 2.59. The molecule has 12 heavy (non-hydrogen) atoms. The van der Waals surface area contributed by atoms with E-state index in [1.165, 1.54) is 0 Å². The maximum atomic E-state index is 10.1. The Morgan fingerprint density at radius 2 is 2.58 bits per heavy atom. The van der Waals surface area contributed by atoms with E-state index in [1.54, 1.807) is 6.92 Å². The molecule has 3 N–H and O–H groups in total. The average molecular weight is 172 g/mol. The quantitative estimate of drug-likeness (QED) is 0.597. The summed E-state index contributed by atoms with van der Waals surface area (Å²) in [6.07, 6.45) is 0. The number of rotatable bonds is 3. The molecule has 0 bridgehead atoms. The van der Waals surface area contributed by atoms with E-state index in [4.69, 9.17) is 5.73 Å². The van der Waals surface area contributed by atoms with E-state index >= 15 is 0 Å². The number of aromatic nitrogens is 2. The number of amides is 2. The minimum Gasteiger partial charge on any atom is -0.350 e. The van der Waals surface area contributed by atoms with Gasteiger partial charge in [-0.2, -0.15) is 4.98 Å². The summed E-state index contributed by atoms with van der Waals surface area (Å²) < 4.78 is 4.64. The van der Waals surface area contributed by atoms with Crippen LogP contribution in [-0.2, 0) is 11.4 Å². The van der Waals surface area contributed by atoms with Crippen LogP contribution < -0.4 is 11.2 Å². The van der Waals surface area contributed by atoms with Crippen LogP contribution in [0.25, 0.3) is 0 Å². The van der Waals surface area contributed by atoms with Gasteiger partial charge in [-0.25, -0.2) is 10.3 Å². The molecule has 0 fully saturated rings. The van der Waals surface area contributed by atoms with Crippen molar-refractivity contribution in [3.8, 4) is 0 Å². The number of nitrogens with zero attached hydrogens (tertiary/aromatic N) is 2. The molecule has 0 aliphatic rings. The minimum atomic E-state index is -0.768. The fraction of sp³-hybridized carbons (Fsp3) is 0.400. The summed E-state index contributed by atoms with van der Waals surface area (Å²) in [5.41, 5.74) is 6.64. The van der Waals surface area contributed by atoms with Crippen molar-refractivity contribution in [2.24, 2.45) is 5.73 Å². The molecule has 1 aromatic heterocycles. The number of nitrogens with two attached hydrogens (primary N) is 1. The summed E-state index contributed by atoms with van der Waals surface area (Å²) in [7, 11) is 0. The highest BCUT2D eigenvalue weighted by atomic mass is 16.7. The van der Waals surface area contributed by atoms with Crippen molar-refractivity contribution < 1.29 is 14.2 Å². The first-order valence-corrected chi connectivity index (χ1v) is 3.15. The smallest absolute Gasteiger partial charge is 0.336 e. The van der Waals surface area contributed by atoms with Gasteiger partial charge in [-0.15, -0.1) is 0 Å². The third kappa shape index (κ3) is 2.54. The molecule has 2 amide bonds. The fourth-order valence-corrected chi connectivity index (χ4v) is 0.572. The van der Waals surface area contributed by atoms with Gasteiger partial charge in [-0.1, -0.05) is 5.16 Å². The number of aryl methyl sites for hydroxylation is 1. The molecule has 0 atom stereocenters. The molecular formula is C5H8N4O3. The average Bonchev–Trinajstić information content (AvgIpc) is 2.35. The molecule has 66 valence electrons. The molecule has 0 unspecified atom stereocenters. The fourth-order valence-electron chi connectivity index (χ4n) is 0.572. The zero-order valence-corrected chi connectivity index (χ0v) is 6.40. The van der Waals surface area contributed by atoms with Crippen molar-refractivity contribution in [3.63, 3.8) is 0 Å². The maximum Gasteiger partial charge on any atom is 0.336 e. The Labute approximate surface area is 67.8 Å². The number of hydroxylamine groups is 1. The van der Waals surface area contributed by atoms with Crippen LogP contribution >= 0.6 is 0 Å². The second kappa shape index (κ2) is 3.67. The molecule has 0 saturated carbocycles. The zero-order valence-electron chi connectivity index (χ0n) is 6.40. The molecule has 1 aromatic rings. The van der Waals surface area contributed by atoms with Crippen molar-refractivity contribution in [3.05, 3.63) is 11.7 Å². The first-order chi connectivity index (χ1) is 5.68. The molecule has 0 radical (unpaired) electrons. The monoisotopic (exact) mass is 172 g/mol. The highest BCUT2D eigenvalue weighted by molar-refractivity contribution is 5.70. The van der Waals surface area contributed by atoms with E-state index in [-0.39, 0.29) is 6.61 Å². The standard InChI is InChI=1S/C5H8N4O3/c1-3-7-4(8-12-3)2-11-9-5(6)10/h2H2,1H3,(H3,6,9,10). The van der Waals surface area contributed by atoms with Crippen molar-refractivity contribution in [1.29, 1.82) is 0 Å². The van der Waals surface area contributed by atoms with E-state index in [9.17, 15) is 4.79 Å². The largest absolute Gasteiger partial charge is 0.350 e. The molecule has 0 saturated heterocycles. The molecule has 1 heterocycles. The van der Waals surface area contributed by atoms with Gasteiger partial charge in [0.25, 0.3) is 0 Å². The second-order valence-electron chi connectivity index (χ2n) is 1.98. The van der Waals surface area contributed by atoms with Gasteiger partial charge in [0.2, 0.25) is 5.89 Å². The Morgan fingerprint density at radius 3 is 3.08 bits per heavy atom. The summed E-state index contributed by atoms with van der Waals surface area (Å²) in [5, 5.41) is 3.51. The van der Waals surface area contributed by atoms with Gasteiger partial charge in [0.1, 0.15) is 6.61 Å². The van der Waals surface area contributed by atoms with E-state index in [2.05, 4.69) is 19.5 Å². The topological polar surface area (TPSA) is 103 Å². The van der Waals surface area contributed by atoms with Crippen LogP contribution in [0.3, 0.4) is 0 Å². The molecule has 0 aliphatic carbocycles. The second-order valence-corrected chi connectivity index (χ2v) is 1.98. The zero-order chi connectivity index (χ0) is 8.97. The predicted molar refractivity (Wildman–Crippen MR) is 36.5 cm³/mol. The molecule has 7 nitrogen and oxygen atoms in total. The van der Waals surface area contributed by atoms with E-state index < -0.39 is 6.03 Å². The lowest BCUT2D eigenvalue weighted by atomic mass is 10.7. The number of hydrogen-bond acceptors (Lipinski definition) is 5. The summed E-state index contributed by atoms with van der Waals surface area (Å²) in [6, 6.07) is -0.768. The number of primary amides is 1. The van der Waals surface area contributed by atoms with E-state index in [1.807, 2.05) is 5.48 Å². The molecule has 0 aliphatic heterocycles. The molecule has 0 aromatic carbocycles. The van der Waals surface area contributed by atoms with Crippen LogP contribution in [-0.4, -0.2) is 16.2 Å². The van der Waals surface area contributed by atoms with E-state index in [0.29, 0.717) is 11.7 Å². The summed E-state index contributed by atoms with van der Waals surface area (Å²) in [4.78, 5) is 18.5. The molecule has 0 spiro atoms. The van der Waals surface area contributed by atoms with E-state index in [0.717, 1.165) is 0 Å². The molecule has 1 rings (SSSR count). The maximum absolute atomic E-state index is 10.1. The van der Waals surface area contributed by atoms with Crippen LogP contribution in [0.5, 0.6) is 0 Å². The summed E-state index contributed by atoms with van der Waals surface area (Å²) in [6.45, 7) is 1.68. The summed E-state index contributed by atoms with van der Waals surface area (Å²) >= 11 is 0. The normalized spacial score (nSPS) is 9.75. The Bertz CT molecular complexity index is 271. The van der Waals surface area contributed by atoms with Crippen LogP contribution in [0, 0.1) is 6.92 Å². The van der Waals surface area contributed by atoms with Gasteiger partial charge in [-0.3, -0.25) is 4.84 Å². The van der Waals surface area contributed by atoms with Gasteiger partial charge >= 0.3 is 6.03 Å². The lowest BCUT2D eigenvalue weighted by Crippen LogP contribution is -2.29. The van der Waals surface area contributed by atoms with Crippen LogP contribution in [0.15, 0.2) is 4.52 Å². The lowest BCUT2D eigenvalue weighted by molar-refractivity contribution is 0.0471. The lowest BCUT2D eigenvalue weighted by Gasteiger charge is -1.97. The number of hydrogen-bond donors (Lipinski definition) is 2. The summed E-state index contributed by atoms with van der Waals surface area (Å²) in [5.74, 6) is 0.786. The van der Waals surface area contributed by atoms with Crippen molar-refractivity contribution in [2.45, 2.75) is 13.5 Å². The van der Waals surface area contributed by atoms with Gasteiger partial charge in [0.15, 0.2) is 5.82 Å². The van der Waals surface area contributed by atoms with Gasteiger partial charge < -0.3 is 10.3 Å². The third-order valence-corrected chi connectivity index (χ3v) is 0.944. The number of carbonyl (C=O) groups excluding carboxylic acids is 1. The first kappa shape index (κ1) is 8.47. The van der Waals surface area contributed by atoms with Gasteiger partial charge in [0.05, 0.1) is 0 Å². The Morgan fingerprint density at radius 1 is 1.83 bits per heavy atom. The Balaban J connectivity index is 2.29. The minimum absolute atomic E-state index is 0.0281. The van der Waals surface area contributed by atoms with Crippen molar-refractivity contribution in [2.75, 3.05) is 0 Å². The van der Waals surface area contributed by atoms with Crippen molar-refractivity contribution >= 4 is 6.03 Å². The Hall–Kier alpha value is -1.63. The van der Waals surface area contributed by atoms with Gasteiger partial charge in [0, 0.05) is 6.92 Å².